The third-order valence-electron chi connectivity index (χ3n) is 5.77. The van der Waals surface area contributed by atoms with E-state index < -0.39 is 0 Å². The first-order valence-electron chi connectivity index (χ1n) is 11.2. The number of imidazole rings is 1. The summed E-state index contributed by atoms with van der Waals surface area (Å²) in [5, 5.41) is 9.61. The van der Waals surface area contributed by atoms with Crippen molar-refractivity contribution in [2.24, 2.45) is 5.10 Å². The summed E-state index contributed by atoms with van der Waals surface area (Å²) in [6.45, 7) is 4.86. The average Bonchev–Trinajstić information content (AvgIpc) is 3.44. The number of carbonyl (C=O) groups is 1. The fourth-order valence-electron chi connectivity index (χ4n) is 4.04. The van der Waals surface area contributed by atoms with Gasteiger partial charge in [0, 0.05) is 34.5 Å². The lowest BCUT2D eigenvalue weighted by atomic mass is 10.1. The lowest BCUT2D eigenvalue weighted by Crippen LogP contribution is -2.17. The van der Waals surface area contributed by atoms with E-state index in [0.717, 1.165) is 45.9 Å². The molecule has 1 amide bonds. The molecular formula is C27H23ClN6O. The molecule has 0 aliphatic rings. The number of benzene rings is 3. The Morgan fingerprint density at radius 2 is 1.86 bits per heavy atom. The van der Waals surface area contributed by atoms with E-state index in [1.165, 1.54) is 0 Å². The highest BCUT2D eigenvalue weighted by molar-refractivity contribution is 6.30. The van der Waals surface area contributed by atoms with Crippen molar-refractivity contribution < 1.29 is 4.79 Å². The molecule has 0 radical (unpaired) electrons. The van der Waals surface area contributed by atoms with E-state index in [1.54, 1.807) is 23.0 Å². The van der Waals surface area contributed by atoms with Gasteiger partial charge < -0.3 is 4.57 Å². The summed E-state index contributed by atoms with van der Waals surface area (Å²) in [6, 6.07) is 22.7. The van der Waals surface area contributed by atoms with Crippen LogP contribution >= 0.6 is 11.6 Å². The van der Waals surface area contributed by atoms with E-state index in [-0.39, 0.29) is 5.91 Å². The Bertz CT molecular complexity index is 1530. The van der Waals surface area contributed by atoms with Crippen molar-refractivity contribution >= 4 is 34.8 Å². The largest absolute Gasteiger partial charge is 0.329 e. The predicted octanol–water partition coefficient (Wildman–Crippen LogP) is 5.63. The molecule has 2 heterocycles. The summed E-state index contributed by atoms with van der Waals surface area (Å²) in [4.78, 5) is 17.3. The van der Waals surface area contributed by atoms with E-state index in [1.807, 2.05) is 73.8 Å². The van der Waals surface area contributed by atoms with E-state index in [9.17, 15) is 4.79 Å². The number of aryl methyl sites for hydroxylation is 2. The van der Waals surface area contributed by atoms with Gasteiger partial charge in [0.2, 0.25) is 0 Å². The molecule has 0 spiro atoms. The van der Waals surface area contributed by atoms with Crippen LogP contribution in [0, 0.1) is 6.92 Å². The fraction of sp³-hybridized carbons (Fsp3) is 0.111. The molecule has 0 aliphatic heterocycles. The van der Waals surface area contributed by atoms with Gasteiger partial charge in [-0.2, -0.15) is 10.2 Å². The third-order valence-corrected chi connectivity index (χ3v) is 6.02. The van der Waals surface area contributed by atoms with Gasteiger partial charge in [-0.3, -0.25) is 4.79 Å². The van der Waals surface area contributed by atoms with Gasteiger partial charge in [0.15, 0.2) is 0 Å². The van der Waals surface area contributed by atoms with Crippen LogP contribution in [0.2, 0.25) is 5.02 Å². The molecule has 0 aliphatic carbocycles. The van der Waals surface area contributed by atoms with Crippen molar-refractivity contribution in [2.75, 3.05) is 0 Å². The smallest absolute Gasteiger partial charge is 0.271 e. The highest BCUT2D eigenvalue weighted by Crippen LogP contribution is 2.24. The number of hydrogen-bond donors (Lipinski definition) is 1. The second-order valence-electron chi connectivity index (χ2n) is 8.03. The van der Waals surface area contributed by atoms with Gasteiger partial charge in [0.25, 0.3) is 5.91 Å². The molecule has 1 N–H and O–H groups in total. The Morgan fingerprint density at radius 3 is 2.60 bits per heavy atom. The normalized spacial score (nSPS) is 11.4. The molecule has 35 heavy (non-hydrogen) atoms. The van der Waals surface area contributed by atoms with Crippen LogP contribution in [-0.2, 0) is 6.54 Å². The van der Waals surface area contributed by atoms with Crippen LogP contribution in [0.3, 0.4) is 0 Å². The molecule has 0 unspecified atom stereocenters. The van der Waals surface area contributed by atoms with Crippen molar-refractivity contribution in [3.63, 3.8) is 0 Å². The zero-order chi connectivity index (χ0) is 24.4. The van der Waals surface area contributed by atoms with Gasteiger partial charge in [0.1, 0.15) is 11.5 Å². The first-order chi connectivity index (χ1) is 17.0. The number of hydrazone groups is 1. The van der Waals surface area contributed by atoms with Crippen molar-refractivity contribution in [3.05, 3.63) is 101 Å². The number of para-hydroxylation sites is 1. The van der Waals surface area contributed by atoms with Crippen LogP contribution < -0.4 is 5.43 Å². The zero-order valence-corrected chi connectivity index (χ0v) is 20.1. The molecule has 0 fully saturated rings. The first kappa shape index (κ1) is 22.6. The summed E-state index contributed by atoms with van der Waals surface area (Å²) < 4.78 is 3.89. The van der Waals surface area contributed by atoms with Gasteiger partial charge in [-0.15, -0.1) is 0 Å². The lowest BCUT2D eigenvalue weighted by Gasteiger charge is -2.03. The molecule has 0 atom stereocenters. The number of halogens is 1. The highest BCUT2D eigenvalue weighted by Gasteiger charge is 2.13. The average molecular weight is 483 g/mol. The van der Waals surface area contributed by atoms with Crippen molar-refractivity contribution in [3.8, 4) is 16.9 Å². The lowest BCUT2D eigenvalue weighted by molar-refractivity contribution is 0.0955. The molecule has 0 saturated heterocycles. The SMILES string of the molecule is CCn1c(C)nc2cc(C(=O)N/N=C/c3cn(-c4ccccc4)nc3-c3ccc(Cl)cc3)ccc21. The minimum absolute atomic E-state index is 0.310. The minimum Gasteiger partial charge on any atom is -0.329 e. The van der Waals surface area contributed by atoms with Crippen molar-refractivity contribution in [2.45, 2.75) is 20.4 Å². The third kappa shape index (κ3) is 4.58. The number of nitrogens with zero attached hydrogens (tertiary/aromatic N) is 5. The van der Waals surface area contributed by atoms with Gasteiger partial charge in [-0.25, -0.2) is 15.1 Å². The Hall–Kier alpha value is -4.23. The Morgan fingerprint density at radius 1 is 1.09 bits per heavy atom. The zero-order valence-electron chi connectivity index (χ0n) is 19.3. The molecule has 0 bridgehead atoms. The van der Waals surface area contributed by atoms with Gasteiger partial charge in [-0.1, -0.05) is 41.9 Å². The predicted molar refractivity (Wildman–Crippen MR) is 139 cm³/mol. The van der Waals surface area contributed by atoms with Crippen LogP contribution in [0.5, 0.6) is 0 Å². The number of aromatic nitrogens is 4. The minimum atomic E-state index is -0.310. The molecule has 7 nitrogen and oxygen atoms in total. The number of fused-ring (bicyclic) bond motifs is 1. The van der Waals surface area contributed by atoms with E-state index in [2.05, 4.69) is 27.0 Å². The summed E-state index contributed by atoms with van der Waals surface area (Å²) in [5.41, 5.74) is 8.20. The molecule has 3 aromatic carbocycles. The van der Waals surface area contributed by atoms with Crippen LogP contribution in [0.4, 0.5) is 0 Å². The van der Waals surface area contributed by atoms with Gasteiger partial charge in [-0.05, 0) is 56.3 Å². The molecule has 2 aromatic heterocycles. The molecule has 5 rings (SSSR count). The number of amides is 1. The molecule has 8 heteroatoms. The number of rotatable bonds is 6. The summed E-state index contributed by atoms with van der Waals surface area (Å²) in [7, 11) is 0. The molecule has 5 aromatic rings. The Balaban J connectivity index is 1.42. The summed E-state index contributed by atoms with van der Waals surface area (Å²) in [6.07, 6.45) is 3.48. The number of hydrogen-bond acceptors (Lipinski definition) is 4. The van der Waals surface area contributed by atoms with Crippen molar-refractivity contribution in [1.82, 2.24) is 24.8 Å². The summed E-state index contributed by atoms with van der Waals surface area (Å²) in [5.74, 6) is 0.610. The molecular weight excluding hydrogens is 460 g/mol. The molecule has 174 valence electrons. The van der Waals surface area contributed by atoms with Crippen LogP contribution in [0.25, 0.3) is 28.0 Å². The van der Waals surface area contributed by atoms with Crippen LogP contribution in [-0.4, -0.2) is 31.5 Å². The maximum atomic E-state index is 12.8. The standard InChI is InChI=1S/C27H23ClN6O/c1-3-33-18(2)30-24-15-20(11-14-25(24)33)27(35)31-29-16-21-17-34(23-7-5-4-6-8-23)32-26(21)19-9-12-22(28)13-10-19/h4-17H,3H2,1-2H3,(H,31,35)/b29-16+. The van der Waals surface area contributed by atoms with E-state index in [0.29, 0.717) is 10.6 Å². The number of nitrogens with one attached hydrogen (secondary N) is 1. The second kappa shape index (κ2) is 9.56. The first-order valence-corrected chi connectivity index (χ1v) is 11.6. The monoisotopic (exact) mass is 482 g/mol. The van der Waals surface area contributed by atoms with Crippen LogP contribution in [0.1, 0.15) is 28.7 Å². The van der Waals surface area contributed by atoms with Crippen LogP contribution in [0.15, 0.2) is 84.1 Å². The second-order valence-corrected chi connectivity index (χ2v) is 8.46. The molecule has 0 saturated carbocycles. The Labute approximate surface area is 207 Å². The van der Waals surface area contributed by atoms with Crippen molar-refractivity contribution in [1.29, 1.82) is 0 Å². The quantitative estimate of drug-likeness (QED) is 0.251. The summed E-state index contributed by atoms with van der Waals surface area (Å²) >= 11 is 6.07. The van der Waals surface area contributed by atoms with Gasteiger partial charge >= 0.3 is 0 Å². The fourth-order valence-corrected chi connectivity index (χ4v) is 4.17. The van der Waals surface area contributed by atoms with E-state index >= 15 is 0 Å². The topological polar surface area (TPSA) is 77.1 Å². The Kier molecular flexibility index (Phi) is 6.16. The van der Waals surface area contributed by atoms with E-state index in [4.69, 9.17) is 16.7 Å². The maximum Gasteiger partial charge on any atom is 0.271 e. The maximum absolute atomic E-state index is 12.8. The van der Waals surface area contributed by atoms with Gasteiger partial charge in [0.05, 0.1) is 22.9 Å². The highest BCUT2D eigenvalue weighted by atomic mass is 35.5. The number of carbonyl (C=O) groups excluding carboxylic acids is 1.